The lowest BCUT2D eigenvalue weighted by Gasteiger charge is -2.15. The first-order chi connectivity index (χ1) is 14.8. The molecule has 0 spiro atoms. The zero-order valence-electron chi connectivity index (χ0n) is 17.3. The van der Waals surface area contributed by atoms with Crippen LogP contribution in [0.4, 0.5) is 16.0 Å². The minimum Gasteiger partial charge on any atom is -0.331 e. The number of hydrogen-bond donors (Lipinski definition) is 3. The molecule has 1 heterocycles. The number of aromatic nitrogens is 2. The third kappa shape index (κ3) is 6.70. The largest absolute Gasteiger partial charge is 0.331 e. The number of hydrogen-bond acceptors (Lipinski definition) is 4. The van der Waals surface area contributed by atoms with Crippen LogP contribution in [0, 0.1) is 26.6 Å². The zero-order chi connectivity index (χ0) is 22.4. The molecule has 9 heteroatoms. The molecule has 0 saturated heterocycles. The van der Waals surface area contributed by atoms with Gasteiger partial charge < -0.3 is 10.6 Å². The average molecular weight is 457 g/mol. The molecule has 0 radical (unpaired) electrons. The van der Waals surface area contributed by atoms with Crippen molar-refractivity contribution < 1.29 is 4.39 Å². The minimum absolute atomic E-state index is 0.294. The Kier molecular flexibility index (Phi) is 7.49. The third-order valence-electron chi connectivity index (χ3n) is 4.22. The van der Waals surface area contributed by atoms with Crippen LogP contribution in [0.5, 0.6) is 0 Å². The molecule has 3 N–H and O–H groups in total. The van der Waals surface area contributed by atoms with Crippen LogP contribution < -0.4 is 16.0 Å². The number of aliphatic imine (C=N–C) groups is 1. The fourth-order valence-corrected chi connectivity index (χ4v) is 3.14. The monoisotopic (exact) mass is 456 g/mol. The fraction of sp³-hybridized carbons (Fsp3) is 0.182. The van der Waals surface area contributed by atoms with Crippen LogP contribution in [0.15, 0.2) is 53.5 Å². The van der Waals surface area contributed by atoms with E-state index in [1.807, 2.05) is 45.0 Å². The quantitative estimate of drug-likeness (QED) is 0.286. The number of nitrogens with one attached hydrogen (secondary N) is 3. The maximum Gasteiger partial charge on any atom is 0.229 e. The van der Waals surface area contributed by atoms with Crippen molar-refractivity contribution in [1.29, 1.82) is 0 Å². The number of halogens is 2. The Morgan fingerprint density at radius 1 is 1.03 bits per heavy atom. The van der Waals surface area contributed by atoms with E-state index in [2.05, 4.69) is 30.9 Å². The van der Waals surface area contributed by atoms with E-state index in [9.17, 15) is 4.39 Å². The lowest BCUT2D eigenvalue weighted by molar-refractivity contribution is 0.627. The van der Waals surface area contributed by atoms with Crippen molar-refractivity contribution >= 4 is 46.5 Å². The van der Waals surface area contributed by atoms with Crippen molar-refractivity contribution in [3.63, 3.8) is 0 Å². The fourth-order valence-electron chi connectivity index (χ4n) is 2.76. The topological polar surface area (TPSA) is 74.2 Å². The molecule has 0 amide bonds. The Balaban J connectivity index is 1.79. The summed E-state index contributed by atoms with van der Waals surface area (Å²) in [5.41, 5.74) is 4.09. The van der Waals surface area contributed by atoms with Crippen LogP contribution in [-0.4, -0.2) is 21.0 Å². The number of aryl methyl sites for hydroxylation is 3. The van der Waals surface area contributed by atoms with E-state index in [1.54, 1.807) is 12.1 Å². The highest BCUT2D eigenvalue weighted by Gasteiger charge is 2.09. The predicted molar refractivity (Wildman–Crippen MR) is 128 cm³/mol. The van der Waals surface area contributed by atoms with Gasteiger partial charge in [-0.05, 0) is 68.4 Å². The van der Waals surface area contributed by atoms with Crippen LogP contribution >= 0.6 is 23.8 Å². The first kappa shape index (κ1) is 22.6. The summed E-state index contributed by atoms with van der Waals surface area (Å²) < 4.78 is 13.2. The summed E-state index contributed by atoms with van der Waals surface area (Å²) in [6.45, 7) is 5.98. The summed E-state index contributed by atoms with van der Waals surface area (Å²) >= 11 is 11.8. The van der Waals surface area contributed by atoms with E-state index < -0.39 is 0 Å². The van der Waals surface area contributed by atoms with Gasteiger partial charge in [-0.3, -0.25) is 5.32 Å². The number of guanidine groups is 1. The molecular weight excluding hydrogens is 435 g/mol. The Morgan fingerprint density at radius 3 is 2.39 bits per heavy atom. The summed E-state index contributed by atoms with van der Waals surface area (Å²) in [5.74, 6) is 0.433. The molecule has 160 valence electrons. The van der Waals surface area contributed by atoms with Gasteiger partial charge >= 0.3 is 0 Å². The van der Waals surface area contributed by atoms with Crippen LogP contribution in [0.2, 0.25) is 5.02 Å². The van der Waals surface area contributed by atoms with E-state index in [-0.39, 0.29) is 5.82 Å². The van der Waals surface area contributed by atoms with Gasteiger partial charge in [-0.15, -0.1) is 0 Å². The van der Waals surface area contributed by atoms with Gasteiger partial charge in [-0.1, -0.05) is 35.9 Å². The standard InChI is InChI=1S/C22H22ClFN6S/c1-13-5-4-6-18(19(13)23)28-22(31)30-20(25-12-16-7-9-17(24)10-8-16)29-21-26-14(2)11-15(3)27-21/h4-11H,12H2,1-3H3,(H3,25,26,27,28,29,30,31). The number of thiocarbonyl (C=S) groups is 1. The average Bonchev–Trinajstić information content (AvgIpc) is 2.70. The van der Waals surface area contributed by atoms with Crippen molar-refractivity contribution in [1.82, 2.24) is 15.3 Å². The molecule has 31 heavy (non-hydrogen) atoms. The lowest BCUT2D eigenvalue weighted by Crippen LogP contribution is -2.39. The third-order valence-corrected chi connectivity index (χ3v) is 4.92. The van der Waals surface area contributed by atoms with Gasteiger partial charge in [0.05, 0.1) is 17.3 Å². The summed E-state index contributed by atoms with van der Waals surface area (Å²) in [4.78, 5) is 13.3. The summed E-state index contributed by atoms with van der Waals surface area (Å²) in [5, 5.41) is 10.0. The minimum atomic E-state index is -0.298. The molecule has 3 rings (SSSR count). The normalized spacial score (nSPS) is 11.2. The molecule has 1 aromatic heterocycles. The van der Waals surface area contributed by atoms with Crippen LogP contribution in [0.3, 0.4) is 0 Å². The molecule has 0 saturated carbocycles. The predicted octanol–water partition coefficient (Wildman–Crippen LogP) is 5.15. The highest BCUT2D eigenvalue weighted by molar-refractivity contribution is 7.80. The summed E-state index contributed by atoms with van der Waals surface area (Å²) in [6, 6.07) is 13.6. The maximum atomic E-state index is 13.2. The Morgan fingerprint density at radius 2 is 1.71 bits per heavy atom. The van der Waals surface area contributed by atoms with E-state index in [4.69, 9.17) is 23.8 Å². The number of nitrogens with zero attached hydrogens (tertiary/aromatic N) is 3. The summed E-state index contributed by atoms with van der Waals surface area (Å²) in [7, 11) is 0. The molecule has 0 atom stereocenters. The van der Waals surface area contributed by atoms with E-state index >= 15 is 0 Å². The van der Waals surface area contributed by atoms with E-state index in [0.717, 1.165) is 22.5 Å². The van der Waals surface area contributed by atoms with Crippen molar-refractivity contribution in [2.75, 3.05) is 10.6 Å². The van der Waals surface area contributed by atoms with Gasteiger partial charge in [0.15, 0.2) is 5.11 Å². The van der Waals surface area contributed by atoms with Gasteiger partial charge in [0, 0.05) is 11.4 Å². The second-order valence-corrected chi connectivity index (χ2v) is 7.69. The second-order valence-electron chi connectivity index (χ2n) is 6.91. The molecular formula is C22H22ClFN6S. The zero-order valence-corrected chi connectivity index (χ0v) is 18.9. The van der Waals surface area contributed by atoms with Crippen LogP contribution in [-0.2, 0) is 6.54 Å². The molecule has 2 aromatic carbocycles. The van der Waals surface area contributed by atoms with Crippen LogP contribution in [0.25, 0.3) is 0 Å². The lowest BCUT2D eigenvalue weighted by atomic mass is 10.2. The molecule has 0 bridgehead atoms. The molecule has 0 aliphatic carbocycles. The van der Waals surface area contributed by atoms with Crippen LogP contribution in [0.1, 0.15) is 22.5 Å². The van der Waals surface area contributed by atoms with Gasteiger partial charge in [-0.2, -0.15) is 0 Å². The van der Waals surface area contributed by atoms with Crippen molar-refractivity contribution in [3.8, 4) is 0 Å². The van der Waals surface area contributed by atoms with Crippen molar-refractivity contribution in [2.24, 2.45) is 4.99 Å². The molecule has 0 aliphatic heterocycles. The Bertz CT molecular complexity index is 1100. The number of anilines is 2. The van der Waals surface area contributed by atoms with Crippen molar-refractivity contribution in [3.05, 3.63) is 81.9 Å². The maximum absolute atomic E-state index is 13.2. The number of benzene rings is 2. The molecule has 0 aliphatic rings. The van der Waals surface area contributed by atoms with Gasteiger partial charge in [0.1, 0.15) is 5.82 Å². The number of rotatable bonds is 4. The molecule has 6 nitrogen and oxygen atoms in total. The summed E-state index contributed by atoms with van der Waals surface area (Å²) in [6.07, 6.45) is 0. The highest BCUT2D eigenvalue weighted by Crippen LogP contribution is 2.24. The first-order valence-electron chi connectivity index (χ1n) is 9.51. The molecule has 3 aromatic rings. The van der Waals surface area contributed by atoms with Crippen molar-refractivity contribution in [2.45, 2.75) is 27.3 Å². The molecule has 0 fully saturated rings. The van der Waals surface area contributed by atoms with E-state index in [1.165, 1.54) is 12.1 Å². The van der Waals surface area contributed by atoms with E-state index in [0.29, 0.717) is 34.3 Å². The van der Waals surface area contributed by atoms with Gasteiger partial charge in [-0.25, -0.2) is 19.4 Å². The SMILES string of the molecule is Cc1cc(C)nc(NC(=NCc2ccc(F)cc2)NC(=S)Nc2cccc(C)c2Cl)n1. The Labute approximate surface area is 191 Å². The first-order valence-corrected chi connectivity index (χ1v) is 10.3. The smallest absolute Gasteiger partial charge is 0.229 e. The van der Waals surface area contributed by atoms with Gasteiger partial charge in [0.25, 0.3) is 0 Å². The Hall–Kier alpha value is -3.10. The molecule has 0 unspecified atom stereocenters. The van der Waals surface area contributed by atoms with Gasteiger partial charge in [0.2, 0.25) is 11.9 Å². The highest BCUT2D eigenvalue weighted by atomic mass is 35.5. The second kappa shape index (κ2) is 10.3.